The molecular weight excluding hydrogens is 278 g/mol. The lowest BCUT2D eigenvalue weighted by molar-refractivity contribution is 0.0471. The summed E-state index contributed by atoms with van der Waals surface area (Å²) in [6, 6.07) is 10.7. The topological polar surface area (TPSA) is 53.6 Å². The van der Waals surface area contributed by atoms with Gasteiger partial charge in [-0.05, 0) is 45.7 Å². The molecule has 1 aliphatic rings. The number of carbonyl (C=O) groups excluding carboxylic acids is 1. The fourth-order valence-electron chi connectivity index (χ4n) is 2.62. The number of rotatable bonds is 4. The van der Waals surface area contributed by atoms with E-state index in [0.717, 1.165) is 32.5 Å². The monoisotopic (exact) mass is 305 g/mol. The Labute approximate surface area is 133 Å². The van der Waals surface area contributed by atoms with E-state index in [0.29, 0.717) is 0 Å². The molecule has 0 aliphatic carbocycles. The Kier molecular flexibility index (Phi) is 5.80. The van der Waals surface area contributed by atoms with Crippen molar-refractivity contribution in [1.82, 2.24) is 15.8 Å². The lowest BCUT2D eigenvalue weighted by Crippen LogP contribution is -2.52. The molecule has 1 saturated heterocycles. The molecule has 0 aromatic heterocycles. The van der Waals surface area contributed by atoms with Crippen molar-refractivity contribution < 1.29 is 9.53 Å². The number of benzene rings is 1. The third-order valence-electron chi connectivity index (χ3n) is 3.53. The van der Waals surface area contributed by atoms with Crippen LogP contribution in [0, 0.1) is 0 Å². The second-order valence-corrected chi connectivity index (χ2v) is 6.83. The fourth-order valence-corrected chi connectivity index (χ4v) is 2.62. The summed E-state index contributed by atoms with van der Waals surface area (Å²) in [4.78, 5) is 14.1. The van der Waals surface area contributed by atoms with Crippen molar-refractivity contribution >= 4 is 6.09 Å². The molecule has 5 nitrogen and oxygen atoms in total. The minimum Gasteiger partial charge on any atom is -0.443 e. The van der Waals surface area contributed by atoms with E-state index in [1.165, 1.54) is 5.56 Å². The average molecular weight is 305 g/mol. The van der Waals surface area contributed by atoms with E-state index in [2.05, 4.69) is 40.0 Å². The predicted molar refractivity (Wildman–Crippen MR) is 87.2 cm³/mol. The van der Waals surface area contributed by atoms with Gasteiger partial charge in [0.1, 0.15) is 5.60 Å². The molecule has 1 fully saturated rings. The van der Waals surface area contributed by atoms with Crippen LogP contribution >= 0.6 is 0 Å². The van der Waals surface area contributed by atoms with Crippen LogP contribution in [0.3, 0.4) is 0 Å². The molecule has 1 aliphatic heterocycles. The van der Waals surface area contributed by atoms with Gasteiger partial charge in [0.2, 0.25) is 0 Å². The van der Waals surface area contributed by atoms with E-state index in [4.69, 9.17) is 4.74 Å². The molecule has 2 N–H and O–H groups in total. The Morgan fingerprint density at radius 1 is 1.32 bits per heavy atom. The summed E-state index contributed by atoms with van der Waals surface area (Å²) in [5, 5.41) is 0. The summed E-state index contributed by atoms with van der Waals surface area (Å²) in [7, 11) is 0. The number of carbonyl (C=O) groups is 1. The molecule has 1 amide bonds. The normalized spacial score (nSPS) is 19.7. The maximum atomic E-state index is 11.7. The molecular formula is C17H27N3O2. The number of amides is 1. The largest absolute Gasteiger partial charge is 0.443 e. The van der Waals surface area contributed by atoms with Gasteiger partial charge in [0.25, 0.3) is 0 Å². The molecule has 22 heavy (non-hydrogen) atoms. The van der Waals surface area contributed by atoms with Crippen LogP contribution in [0.5, 0.6) is 0 Å². The highest BCUT2D eigenvalue weighted by molar-refractivity contribution is 5.67. The highest BCUT2D eigenvalue weighted by Gasteiger charge is 2.21. The van der Waals surface area contributed by atoms with E-state index >= 15 is 0 Å². The zero-order valence-electron chi connectivity index (χ0n) is 13.8. The molecule has 5 heteroatoms. The van der Waals surface area contributed by atoms with Crippen molar-refractivity contribution in [3.63, 3.8) is 0 Å². The predicted octanol–water partition coefficient (Wildman–Crippen LogP) is 2.68. The summed E-state index contributed by atoms with van der Waals surface area (Å²) in [6.45, 7) is 8.54. The third kappa shape index (κ3) is 6.03. The summed E-state index contributed by atoms with van der Waals surface area (Å²) in [5.74, 6) is 0. The van der Waals surface area contributed by atoms with Crippen LogP contribution in [-0.2, 0) is 11.3 Å². The number of nitrogens with one attached hydrogen (secondary N) is 2. The molecule has 1 aromatic carbocycles. The summed E-state index contributed by atoms with van der Waals surface area (Å²) < 4.78 is 5.23. The van der Waals surface area contributed by atoms with Crippen molar-refractivity contribution in [2.45, 2.75) is 51.8 Å². The third-order valence-corrected chi connectivity index (χ3v) is 3.53. The molecule has 1 unspecified atom stereocenters. The number of piperidine rings is 1. The molecule has 0 saturated carbocycles. The number of hydrazine groups is 1. The first-order valence-electron chi connectivity index (χ1n) is 7.93. The minimum absolute atomic E-state index is 0.255. The molecule has 2 rings (SSSR count). The highest BCUT2D eigenvalue weighted by atomic mass is 16.6. The van der Waals surface area contributed by atoms with Crippen molar-refractivity contribution in [2.24, 2.45) is 0 Å². The van der Waals surface area contributed by atoms with Crippen LogP contribution in [0.4, 0.5) is 4.79 Å². The van der Waals surface area contributed by atoms with E-state index in [-0.39, 0.29) is 6.04 Å². The molecule has 122 valence electrons. The van der Waals surface area contributed by atoms with E-state index in [1.807, 2.05) is 26.8 Å². The molecule has 0 spiro atoms. The van der Waals surface area contributed by atoms with Gasteiger partial charge in [-0.15, -0.1) is 0 Å². The zero-order valence-corrected chi connectivity index (χ0v) is 13.8. The molecule has 0 radical (unpaired) electrons. The number of likely N-dealkylation sites (tertiary alicyclic amines) is 1. The van der Waals surface area contributed by atoms with Gasteiger partial charge >= 0.3 is 6.09 Å². The zero-order chi connectivity index (χ0) is 16.0. The number of hydrogen-bond donors (Lipinski definition) is 2. The first-order chi connectivity index (χ1) is 10.4. The standard InChI is InChI=1S/C17H27N3O2/c1-17(2,3)22-16(21)19-18-15-10-7-11-20(13-15)12-14-8-5-4-6-9-14/h4-6,8-9,15,18H,7,10-13H2,1-3H3,(H,19,21). The maximum absolute atomic E-state index is 11.7. The van der Waals surface area contributed by atoms with Gasteiger partial charge in [-0.3, -0.25) is 10.3 Å². The number of nitrogens with zero attached hydrogens (tertiary/aromatic N) is 1. The van der Waals surface area contributed by atoms with E-state index in [1.54, 1.807) is 0 Å². The van der Waals surface area contributed by atoms with Crippen molar-refractivity contribution in [3.8, 4) is 0 Å². The Balaban J connectivity index is 1.75. The second kappa shape index (κ2) is 7.61. The lowest BCUT2D eigenvalue weighted by Gasteiger charge is -2.33. The Morgan fingerprint density at radius 2 is 2.05 bits per heavy atom. The van der Waals surface area contributed by atoms with Gasteiger partial charge < -0.3 is 4.74 Å². The van der Waals surface area contributed by atoms with Gasteiger partial charge in [0, 0.05) is 19.1 Å². The molecule has 1 heterocycles. The van der Waals surface area contributed by atoms with E-state index < -0.39 is 11.7 Å². The van der Waals surface area contributed by atoms with Gasteiger partial charge in [0.05, 0.1) is 0 Å². The van der Waals surface area contributed by atoms with Crippen molar-refractivity contribution in [1.29, 1.82) is 0 Å². The van der Waals surface area contributed by atoms with Crippen LogP contribution in [0.1, 0.15) is 39.2 Å². The maximum Gasteiger partial charge on any atom is 0.422 e. The Bertz CT molecular complexity index is 471. The fraction of sp³-hybridized carbons (Fsp3) is 0.588. The second-order valence-electron chi connectivity index (χ2n) is 6.83. The van der Waals surface area contributed by atoms with Crippen LogP contribution in [0.25, 0.3) is 0 Å². The van der Waals surface area contributed by atoms with Gasteiger partial charge in [-0.25, -0.2) is 10.2 Å². The van der Waals surface area contributed by atoms with Crippen LogP contribution in [-0.4, -0.2) is 35.7 Å². The van der Waals surface area contributed by atoms with Crippen molar-refractivity contribution in [2.75, 3.05) is 13.1 Å². The smallest absolute Gasteiger partial charge is 0.422 e. The summed E-state index contributed by atoms with van der Waals surface area (Å²) in [5.41, 5.74) is 6.60. The van der Waals surface area contributed by atoms with Crippen LogP contribution < -0.4 is 10.9 Å². The van der Waals surface area contributed by atoms with Crippen LogP contribution in [0.15, 0.2) is 30.3 Å². The van der Waals surface area contributed by atoms with Crippen molar-refractivity contribution in [3.05, 3.63) is 35.9 Å². The summed E-state index contributed by atoms with van der Waals surface area (Å²) >= 11 is 0. The summed E-state index contributed by atoms with van der Waals surface area (Å²) in [6.07, 6.45) is 1.76. The first kappa shape index (κ1) is 16.8. The Hall–Kier alpha value is -1.59. The quantitative estimate of drug-likeness (QED) is 0.840. The number of ether oxygens (including phenoxy) is 1. The van der Waals surface area contributed by atoms with Gasteiger partial charge in [-0.2, -0.15) is 0 Å². The average Bonchev–Trinajstić information content (AvgIpc) is 2.45. The van der Waals surface area contributed by atoms with Crippen LogP contribution in [0.2, 0.25) is 0 Å². The first-order valence-corrected chi connectivity index (χ1v) is 7.93. The van der Waals surface area contributed by atoms with Gasteiger partial charge in [-0.1, -0.05) is 30.3 Å². The van der Waals surface area contributed by atoms with E-state index in [9.17, 15) is 4.79 Å². The molecule has 1 aromatic rings. The Morgan fingerprint density at radius 3 is 2.73 bits per heavy atom. The number of hydrogen-bond acceptors (Lipinski definition) is 4. The molecule has 0 bridgehead atoms. The highest BCUT2D eigenvalue weighted by Crippen LogP contribution is 2.13. The SMILES string of the molecule is CC(C)(C)OC(=O)NNC1CCCN(Cc2ccccc2)C1. The minimum atomic E-state index is -0.475. The molecule has 1 atom stereocenters. The van der Waals surface area contributed by atoms with Gasteiger partial charge in [0.15, 0.2) is 0 Å². The lowest BCUT2D eigenvalue weighted by atomic mass is 10.1.